The number of ether oxygens (including phenoxy) is 2. The standard InChI is InChI=1S/C9H13ClN2O4S2/c1-15-6-4-12(5-7(6)16-2)18(13,14)8-3-11-9(10)17-8/h3,6-7H,4-5H2,1-2H3. The molecule has 2 rings (SSSR count). The topological polar surface area (TPSA) is 68.7 Å². The molecule has 0 N–H and O–H groups in total. The van der Waals surface area contributed by atoms with Gasteiger partial charge in [0.2, 0.25) is 0 Å². The first-order chi connectivity index (χ1) is 8.48. The number of thiazole rings is 1. The van der Waals surface area contributed by atoms with Crippen molar-refractivity contribution in [2.45, 2.75) is 16.4 Å². The molecule has 2 atom stereocenters. The van der Waals surface area contributed by atoms with Gasteiger partial charge in [-0.2, -0.15) is 4.31 Å². The van der Waals surface area contributed by atoms with Gasteiger partial charge in [0.1, 0.15) is 0 Å². The molecule has 6 nitrogen and oxygen atoms in total. The lowest BCUT2D eigenvalue weighted by Gasteiger charge is -2.13. The second-order valence-electron chi connectivity index (χ2n) is 3.80. The van der Waals surface area contributed by atoms with Gasteiger partial charge in [0.15, 0.2) is 8.68 Å². The van der Waals surface area contributed by atoms with E-state index in [0.717, 1.165) is 11.3 Å². The van der Waals surface area contributed by atoms with Crippen molar-refractivity contribution in [1.29, 1.82) is 0 Å². The molecule has 2 heterocycles. The number of nitrogens with zero attached hydrogens (tertiary/aromatic N) is 2. The molecule has 0 bridgehead atoms. The Morgan fingerprint density at radius 3 is 2.33 bits per heavy atom. The van der Waals surface area contributed by atoms with E-state index in [1.807, 2.05) is 0 Å². The minimum Gasteiger partial charge on any atom is -0.377 e. The Kier molecular flexibility index (Phi) is 4.25. The third kappa shape index (κ3) is 2.54. The first-order valence-corrected chi connectivity index (χ1v) is 7.79. The van der Waals surface area contributed by atoms with Crippen LogP contribution in [0.1, 0.15) is 0 Å². The molecule has 0 radical (unpaired) electrons. The summed E-state index contributed by atoms with van der Waals surface area (Å²) in [7, 11) is -0.483. The predicted molar refractivity (Wildman–Crippen MR) is 67.5 cm³/mol. The van der Waals surface area contributed by atoms with Crippen LogP contribution in [0.3, 0.4) is 0 Å². The zero-order valence-corrected chi connectivity index (χ0v) is 12.3. The predicted octanol–water partition coefficient (Wildman–Crippen LogP) is 0.831. The summed E-state index contributed by atoms with van der Waals surface area (Å²) in [6, 6.07) is 0. The summed E-state index contributed by atoms with van der Waals surface area (Å²) in [5.41, 5.74) is 0. The highest BCUT2D eigenvalue weighted by atomic mass is 35.5. The SMILES string of the molecule is COC1CN(S(=O)(=O)c2cnc(Cl)s2)CC1OC. The Labute approximate surface area is 115 Å². The van der Waals surface area contributed by atoms with Crippen molar-refractivity contribution in [3.8, 4) is 0 Å². The minimum absolute atomic E-state index is 0.138. The lowest BCUT2D eigenvalue weighted by molar-refractivity contribution is -0.00461. The second-order valence-corrected chi connectivity index (χ2v) is 7.58. The van der Waals surface area contributed by atoms with Gasteiger partial charge in [-0.15, -0.1) is 0 Å². The summed E-state index contributed by atoms with van der Waals surface area (Å²) in [6.07, 6.45) is 0.755. The van der Waals surface area contributed by atoms with Crippen LogP contribution in [0.5, 0.6) is 0 Å². The van der Waals surface area contributed by atoms with Gasteiger partial charge in [0.25, 0.3) is 10.0 Å². The molecule has 0 saturated carbocycles. The molecule has 102 valence electrons. The molecule has 1 aliphatic heterocycles. The van der Waals surface area contributed by atoms with Crippen LogP contribution in [-0.2, 0) is 19.5 Å². The summed E-state index contributed by atoms with van der Waals surface area (Å²) in [6.45, 7) is 0.541. The van der Waals surface area contributed by atoms with Gasteiger partial charge in [-0.1, -0.05) is 22.9 Å². The smallest absolute Gasteiger partial charge is 0.254 e. The summed E-state index contributed by atoms with van der Waals surface area (Å²) in [5, 5.41) is 0. The van der Waals surface area contributed by atoms with Crippen molar-refractivity contribution in [3.63, 3.8) is 0 Å². The Hall–Kier alpha value is -0.250. The molecule has 9 heteroatoms. The van der Waals surface area contributed by atoms with Crippen molar-refractivity contribution >= 4 is 33.0 Å². The third-order valence-corrected chi connectivity index (χ3v) is 6.22. The van der Waals surface area contributed by atoms with Crippen molar-refractivity contribution in [2.75, 3.05) is 27.3 Å². The molecule has 18 heavy (non-hydrogen) atoms. The van der Waals surface area contributed by atoms with E-state index in [2.05, 4.69) is 4.98 Å². The number of halogens is 1. The second kappa shape index (κ2) is 5.40. The van der Waals surface area contributed by atoms with Crippen molar-refractivity contribution < 1.29 is 17.9 Å². The summed E-state index contributed by atoms with van der Waals surface area (Å²) in [5.74, 6) is 0. The van der Waals surface area contributed by atoms with E-state index >= 15 is 0 Å². The summed E-state index contributed by atoms with van der Waals surface area (Å²) < 4.78 is 36.7. The fourth-order valence-electron chi connectivity index (χ4n) is 1.85. The van der Waals surface area contributed by atoms with Gasteiger partial charge in [-0.3, -0.25) is 0 Å². The Bertz CT molecular complexity index is 506. The van der Waals surface area contributed by atoms with Crippen LogP contribution in [0.25, 0.3) is 0 Å². The molecule has 1 aromatic heterocycles. The molecule has 1 aliphatic rings. The van der Waals surface area contributed by atoms with Crippen LogP contribution in [-0.4, -0.2) is 57.2 Å². The van der Waals surface area contributed by atoms with E-state index in [-0.39, 0.29) is 34.0 Å². The molecular weight excluding hydrogens is 300 g/mol. The van der Waals surface area contributed by atoms with Crippen LogP contribution >= 0.6 is 22.9 Å². The Balaban J connectivity index is 2.22. The zero-order valence-electron chi connectivity index (χ0n) is 9.87. The molecule has 0 aromatic carbocycles. The quantitative estimate of drug-likeness (QED) is 0.824. The average Bonchev–Trinajstić information content (AvgIpc) is 2.94. The summed E-state index contributed by atoms with van der Waals surface area (Å²) >= 11 is 6.60. The molecule has 0 spiro atoms. The maximum Gasteiger partial charge on any atom is 0.254 e. The number of hydrogen-bond acceptors (Lipinski definition) is 6. The van der Waals surface area contributed by atoms with E-state index in [1.165, 1.54) is 24.7 Å². The highest BCUT2D eigenvalue weighted by molar-refractivity contribution is 7.91. The van der Waals surface area contributed by atoms with Gasteiger partial charge < -0.3 is 9.47 Å². The van der Waals surface area contributed by atoms with E-state index in [4.69, 9.17) is 21.1 Å². The van der Waals surface area contributed by atoms with E-state index < -0.39 is 10.0 Å². The zero-order chi connectivity index (χ0) is 13.3. The van der Waals surface area contributed by atoms with Crippen LogP contribution in [0.15, 0.2) is 10.4 Å². The molecule has 1 saturated heterocycles. The largest absolute Gasteiger partial charge is 0.377 e. The normalized spacial score (nSPS) is 25.7. The van der Waals surface area contributed by atoms with Crippen LogP contribution in [0.4, 0.5) is 0 Å². The van der Waals surface area contributed by atoms with Crippen molar-refractivity contribution in [3.05, 3.63) is 10.7 Å². The van der Waals surface area contributed by atoms with Crippen LogP contribution in [0, 0.1) is 0 Å². The lowest BCUT2D eigenvalue weighted by Crippen LogP contribution is -2.29. The summed E-state index contributed by atoms with van der Waals surface area (Å²) in [4.78, 5) is 3.75. The Morgan fingerprint density at radius 1 is 1.39 bits per heavy atom. The Morgan fingerprint density at radius 2 is 1.94 bits per heavy atom. The maximum absolute atomic E-state index is 12.3. The van der Waals surface area contributed by atoms with Gasteiger partial charge in [-0.25, -0.2) is 13.4 Å². The van der Waals surface area contributed by atoms with Gasteiger partial charge in [-0.05, 0) is 0 Å². The molecule has 1 fully saturated rings. The van der Waals surface area contributed by atoms with Crippen LogP contribution in [0.2, 0.25) is 4.47 Å². The number of aromatic nitrogens is 1. The van der Waals surface area contributed by atoms with E-state index in [0.29, 0.717) is 0 Å². The highest BCUT2D eigenvalue weighted by Crippen LogP contribution is 2.28. The van der Waals surface area contributed by atoms with E-state index in [9.17, 15) is 8.42 Å². The van der Waals surface area contributed by atoms with Gasteiger partial charge >= 0.3 is 0 Å². The number of methoxy groups -OCH3 is 2. The molecule has 2 unspecified atom stereocenters. The highest BCUT2D eigenvalue weighted by Gasteiger charge is 2.40. The first-order valence-electron chi connectivity index (χ1n) is 5.16. The molecule has 1 aromatic rings. The molecule has 0 aliphatic carbocycles. The molecule has 0 amide bonds. The first kappa shape index (κ1) is 14.2. The van der Waals surface area contributed by atoms with Crippen molar-refractivity contribution in [2.24, 2.45) is 0 Å². The minimum atomic E-state index is -3.56. The maximum atomic E-state index is 12.3. The van der Waals surface area contributed by atoms with Gasteiger partial charge in [0.05, 0.1) is 18.4 Å². The molecular formula is C9H13ClN2O4S2. The van der Waals surface area contributed by atoms with E-state index in [1.54, 1.807) is 0 Å². The van der Waals surface area contributed by atoms with Crippen LogP contribution < -0.4 is 0 Å². The number of rotatable bonds is 4. The van der Waals surface area contributed by atoms with Gasteiger partial charge in [0, 0.05) is 27.3 Å². The third-order valence-electron chi connectivity index (χ3n) is 2.84. The fraction of sp³-hybridized carbons (Fsp3) is 0.667. The monoisotopic (exact) mass is 312 g/mol. The number of sulfonamides is 1. The fourth-order valence-corrected chi connectivity index (χ4v) is 4.76. The van der Waals surface area contributed by atoms with Crippen molar-refractivity contribution in [1.82, 2.24) is 9.29 Å². The number of hydrogen-bond donors (Lipinski definition) is 0. The lowest BCUT2D eigenvalue weighted by atomic mass is 10.3. The average molecular weight is 313 g/mol.